The van der Waals surface area contributed by atoms with E-state index < -0.39 is 29.1 Å². The molecule has 6 aliphatic rings. The highest BCUT2D eigenvalue weighted by Crippen LogP contribution is 2.47. The summed E-state index contributed by atoms with van der Waals surface area (Å²) >= 11 is 0. The Morgan fingerprint density at radius 3 is 1.27 bits per heavy atom. The number of rotatable bonds is 36. The number of hydrogen-bond donors (Lipinski definition) is 0. The Hall–Kier alpha value is -9.52. The molecule has 0 heterocycles. The van der Waals surface area contributed by atoms with Gasteiger partial charge in [0.15, 0.2) is 17.0 Å². The van der Waals surface area contributed by atoms with Crippen LogP contribution in [0.15, 0.2) is 147 Å². The van der Waals surface area contributed by atoms with Gasteiger partial charge in [-0.1, -0.05) is 158 Å². The molecule has 0 aromatic heterocycles. The van der Waals surface area contributed by atoms with Crippen molar-refractivity contribution >= 4 is 36.6 Å². The number of hydrogen-bond acceptors (Lipinski definition) is 16. The molecule has 640 valence electrons. The van der Waals surface area contributed by atoms with Crippen molar-refractivity contribution in [2.45, 2.75) is 269 Å². The molecular weight excluding hydrogens is 1510 g/mol. The number of benzene rings is 5. The standard InChI is InChI=1S/C103H126O15.CH2O/c1-5-9-11-17-77-35-43-87(44-36-77)89-61-67-102(68-62-89,116-101(108)93-51-57-95(58-52-93)115-100(107)92-49-55-94(56-50-92)109-71-13-14-72-110-97(104)7-3)65-59-83-31-27-81(28-32-83)25-23-79-19-21-80(22-20-79)24-26-82-29-33-84(34-30-82)60-66-103(69-63-90(64-70-103)88-45-37-78(38-46-88)18-12-10-6-2)118-114-76-86-41-53-96(54-42-86)117-113-75-85-39-47-91(48-40-85)99(106)112-74-16-15-73-111-98(105)8-4;1-2/h7-8,19-22,27-34,41-42,51-54,57-58,77-78,85,87-92,94H,3-6,9-18,35-40,43-50,55-56,61-64,67-76H2,1-2H3;1H2. The summed E-state index contributed by atoms with van der Waals surface area (Å²) in [7, 11) is 0. The molecule has 16 nitrogen and oxygen atoms in total. The molecule has 0 bridgehead atoms. The van der Waals surface area contributed by atoms with E-state index in [4.69, 9.17) is 52.8 Å². The molecule has 0 amide bonds. The first-order valence-corrected chi connectivity index (χ1v) is 45.0. The van der Waals surface area contributed by atoms with Crippen molar-refractivity contribution in [3.63, 3.8) is 0 Å². The van der Waals surface area contributed by atoms with E-state index in [0.29, 0.717) is 106 Å². The molecule has 6 aliphatic carbocycles. The van der Waals surface area contributed by atoms with Crippen molar-refractivity contribution in [1.29, 1.82) is 0 Å². The molecular formula is C104H128O16. The average Bonchev–Trinajstić information content (AvgIpc) is 0.805. The molecule has 5 aromatic rings. The molecule has 0 aliphatic heterocycles. The van der Waals surface area contributed by atoms with Crippen LogP contribution in [0, 0.1) is 101 Å². The van der Waals surface area contributed by atoms with Gasteiger partial charge in [-0.2, -0.15) is 4.89 Å². The third kappa shape index (κ3) is 31.2. The predicted octanol–water partition coefficient (Wildman–Crippen LogP) is 21.8. The Balaban J connectivity index is 0.00000751. The second-order valence-corrected chi connectivity index (χ2v) is 34.0. The van der Waals surface area contributed by atoms with Gasteiger partial charge in [0.1, 0.15) is 19.1 Å². The van der Waals surface area contributed by atoms with E-state index in [2.05, 4.69) is 74.4 Å². The third-order valence-corrected chi connectivity index (χ3v) is 25.6. The predicted molar refractivity (Wildman–Crippen MR) is 466 cm³/mol. The fourth-order valence-electron chi connectivity index (χ4n) is 18.1. The summed E-state index contributed by atoms with van der Waals surface area (Å²) in [6, 6.07) is 38.4. The number of esters is 5. The molecule has 6 saturated carbocycles. The van der Waals surface area contributed by atoms with Crippen molar-refractivity contribution in [2.24, 2.45) is 53.3 Å². The lowest BCUT2D eigenvalue weighted by Gasteiger charge is -2.41. The zero-order chi connectivity index (χ0) is 84.4. The van der Waals surface area contributed by atoms with Crippen LogP contribution in [0.1, 0.15) is 294 Å². The van der Waals surface area contributed by atoms with Gasteiger partial charge < -0.3 is 38.1 Å². The van der Waals surface area contributed by atoms with Crippen LogP contribution in [0.3, 0.4) is 0 Å². The van der Waals surface area contributed by atoms with Gasteiger partial charge in [0.05, 0.1) is 49.9 Å². The van der Waals surface area contributed by atoms with Gasteiger partial charge >= 0.3 is 29.8 Å². The summed E-state index contributed by atoms with van der Waals surface area (Å²) in [5.41, 5.74) is 4.84. The molecule has 11 rings (SSSR count). The van der Waals surface area contributed by atoms with E-state index in [-0.39, 0.29) is 49.0 Å². The number of carbonyl (C=O) groups is 6. The quantitative estimate of drug-likeness (QED) is 0.00536. The molecule has 0 unspecified atom stereocenters. The minimum Gasteiger partial charge on any atom is -0.465 e. The van der Waals surface area contributed by atoms with Crippen LogP contribution >= 0.6 is 0 Å². The molecule has 16 heteroatoms. The largest absolute Gasteiger partial charge is 0.465 e. The van der Waals surface area contributed by atoms with Gasteiger partial charge in [0.25, 0.3) is 0 Å². The second-order valence-electron chi connectivity index (χ2n) is 34.0. The van der Waals surface area contributed by atoms with Crippen LogP contribution in [0.4, 0.5) is 0 Å². The van der Waals surface area contributed by atoms with Crippen molar-refractivity contribution in [1.82, 2.24) is 0 Å². The SMILES string of the molecule is C=CC(=O)OCCCCOC(=O)C1CCC(COOc2ccc(COOC3(C#Cc4ccc(C#Cc5ccc(C#Cc6ccc(C#CC7(OC(=O)c8ccc(OC(=O)C9CCC(OCCCCOC(=O)C=C)CC9)cc8)CCC(C8CCC(CCCCC)CC8)CC7)cc6)cc5)cc4)CCC(C4CCC(CCCCC)CC4)CC3)cc2)CC1.C=O. The van der Waals surface area contributed by atoms with Gasteiger partial charge in [-0.15, -0.1) is 0 Å². The maximum atomic E-state index is 14.2. The zero-order valence-electron chi connectivity index (χ0n) is 71.3. The lowest BCUT2D eigenvalue weighted by atomic mass is 9.67. The summed E-state index contributed by atoms with van der Waals surface area (Å²) in [6.07, 6.45) is 39.5. The molecule has 5 aromatic carbocycles. The van der Waals surface area contributed by atoms with Crippen molar-refractivity contribution in [3.05, 3.63) is 191 Å². The molecule has 0 saturated heterocycles. The van der Waals surface area contributed by atoms with E-state index in [1.54, 1.807) is 24.3 Å². The fourth-order valence-corrected chi connectivity index (χ4v) is 18.1. The van der Waals surface area contributed by atoms with E-state index in [1.165, 1.54) is 103 Å². The van der Waals surface area contributed by atoms with Crippen LogP contribution in [0.2, 0.25) is 0 Å². The minimum absolute atomic E-state index is 0.0843. The normalized spacial score (nSPS) is 23.8. The maximum absolute atomic E-state index is 14.2. The first-order chi connectivity index (χ1) is 58.7. The summed E-state index contributed by atoms with van der Waals surface area (Å²) in [4.78, 5) is 94.6. The Labute approximate surface area is 714 Å². The molecule has 120 heavy (non-hydrogen) atoms. The van der Waals surface area contributed by atoms with Gasteiger partial charge in [-0.3, -0.25) is 9.59 Å². The van der Waals surface area contributed by atoms with E-state index >= 15 is 0 Å². The molecule has 0 radical (unpaired) electrons. The monoisotopic (exact) mass is 1630 g/mol. The summed E-state index contributed by atoms with van der Waals surface area (Å²) in [5.74, 6) is 31.0. The van der Waals surface area contributed by atoms with E-state index in [1.807, 2.05) is 104 Å². The Morgan fingerprint density at radius 1 is 0.400 bits per heavy atom. The van der Waals surface area contributed by atoms with Crippen LogP contribution in [-0.2, 0) is 68.9 Å². The Morgan fingerprint density at radius 2 is 0.800 bits per heavy atom. The van der Waals surface area contributed by atoms with E-state index in [0.717, 1.165) is 152 Å². The van der Waals surface area contributed by atoms with Crippen molar-refractivity contribution in [3.8, 4) is 58.9 Å². The van der Waals surface area contributed by atoms with Gasteiger partial charge in [0, 0.05) is 52.1 Å². The van der Waals surface area contributed by atoms with Crippen molar-refractivity contribution < 1.29 is 76.7 Å². The molecule has 0 spiro atoms. The fraction of sp³-hybridized carbons (Fsp3) is 0.538. The van der Waals surface area contributed by atoms with Crippen LogP contribution in [-0.4, -0.2) is 87.0 Å². The van der Waals surface area contributed by atoms with Gasteiger partial charge in [0.2, 0.25) is 0 Å². The first kappa shape index (κ1) is 92.8. The highest BCUT2D eigenvalue weighted by atomic mass is 17.2. The summed E-state index contributed by atoms with van der Waals surface area (Å²) in [5, 5.41) is 0. The number of ether oxygens (including phenoxy) is 6. The minimum atomic E-state index is -0.950. The summed E-state index contributed by atoms with van der Waals surface area (Å²) in [6.45, 7) is 15.6. The zero-order valence-corrected chi connectivity index (χ0v) is 71.3. The van der Waals surface area contributed by atoms with Crippen LogP contribution in [0.5, 0.6) is 11.5 Å². The molecule has 6 fully saturated rings. The van der Waals surface area contributed by atoms with Gasteiger partial charge in [-0.05, 0) is 316 Å². The third-order valence-electron chi connectivity index (χ3n) is 25.6. The van der Waals surface area contributed by atoms with Crippen molar-refractivity contribution in [2.75, 3.05) is 33.0 Å². The Bertz CT molecular complexity index is 4240. The van der Waals surface area contributed by atoms with Crippen LogP contribution < -0.4 is 9.62 Å². The topological polar surface area (TPSA) is 195 Å². The lowest BCUT2D eigenvalue weighted by Crippen LogP contribution is -2.39. The van der Waals surface area contributed by atoms with E-state index in [9.17, 15) is 24.0 Å². The smallest absolute Gasteiger partial charge is 0.339 e. The number of carbonyl (C=O) groups excluding carboxylic acids is 6. The second kappa shape index (κ2) is 50.7. The van der Waals surface area contributed by atoms with Gasteiger partial charge in [-0.25, -0.2) is 24.2 Å². The molecule has 0 atom stereocenters. The maximum Gasteiger partial charge on any atom is 0.339 e. The highest BCUT2D eigenvalue weighted by molar-refractivity contribution is 5.90. The average molecular weight is 1630 g/mol. The number of unbranched alkanes of at least 4 members (excludes halogenated alkanes) is 6. The first-order valence-electron chi connectivity index (χ1n) is 45.0. The Kier molecular flexibility index (Phi) is 39.2. The lowest BCUT2D eigenvalue weighted by molar-refractivity contribution is -0.360. The summed E-state index contributed by atoms with van der Waals surface area (Å²) < 4.78 is 34.0. The highest BCUT2D eigenvalue weighted by Gasteiger charge is 2.42. The van der Waals surface area contributed by atoms with Crippen LogP contribution in [0.25, 0.3) is 0 Å². The molecule has 0 N–H and O–H groups in total.